The van der Waals surface area contributed by atoms with E-state index in [2.05, 4.69) is 22.6 Å². The SMILES string of the molecule is O=C1S/C(=C\c2ccc(OCc3cccc(F)c3)c(I)c2)C(=O)N1Cc1ccc(Cl)cc1. The van der Waals surface area contributed by atoms with Crippen LogP contribution in [0.2, 0.25) is 5.02 Å². The summed E-state index contributed by atoms with van der Waals surface area (Å²) in [5.41, 5.74) is 2.34. The van der Waals surface area contributed by atoms with Gasteiger partial charge >= 0.3 is 0 Å². The van der Waals surface area contributed by atoms with Gasteiger partial charge < -0.3 is 4.74 Å². The summed E-state index contributed by atoms with van der Waals surface area (Å²) in [5.74, 6) is 0.0281. The zero-order valence-corrected chi connectivity index (χ0v) is 20.3. The topological polar surface area (TPSA) is 46.6 Å². The first-order chi connectivity index (χ1) is 15.4. The molecule has 3 aromatic carbocycles. The van der Waals surface area contributed by atoms with Gasteiger partial charge in [0.15, 0.2) is 0 Å². The van der Waals surface area contributed by atoms with Gasteiger partial charge in [0.2, 0.25) is 0 Å². The number of benzene rings is 3. The summed E-state index contributed by atoms with van der Waals surface area (Å²) in [6, 6.07) is 18.8. The van der Waals surface area contributed by atoms with Crippen molar-refractivity contribution in [3.63, 3.8) is 0 Å². The molecule has 0 atom stereocenters. The van der Waals surface area contributed by atoms with Crippen LogP contribution in [0.1, 0.15) is 16.7 Å². The lowest BCUT2D eigenvalue weighted by molar-refractivity contribution is -0.123. The van der Waals surface area contributed by atoms with Crippen LogP contribution in [0.15, 0.2) is 71.6 Å². The van der Waals surface area contributed by atoms with Crippen LogP contribution in [-0.4, -0.2) is 16.0 Å². The van der Waals surface area contributed by atoms with Crippen molar-refractivity contribution in [1.29, 1.82) is 0 Å². The van der Waals surface area contributed by atoms with Crippen molar-refractivity contribution in [3.05, 3.63) is 103 Å². The molecule has 3 aromatic rings. The van der Waals surface area contributed by atoms with Crippen molar-refractivity contribution in [1.82, 2.24) is 4.90 Å². The summed E-state index contributed by atoms with van der Waals surface area (Å²) in [7, 11) is 0. The normalized spacial score (nSPS) is 15.0. The van der Waals surface area contributed by atoms with Gasteiger partial charge in [0.25, 0.3) is 11.1 Å². The Kier molecular flexibility index (Phi) is 7.17. The summed E-state index contributed by atoms with van der Waals surface area (Å²) in [5, 5.41) is 0.293. The van der Waals surface area contributed by atoms with Crippen molar-refractivity contribution in [2.75, 3.05) is 0 Å². The molecule has 0 bridgehead atoms. The molecule has 0 aliphatic carbocycles. The lowest BCUT2D eigenvalue weighted by Gasteiger charge is -2.12. The van der Waals surface area contributed by atoms with Crippen LogP contribution >= 0.6 is 46.0 Å². The zero-order valence-electron chi connectivity index (χ0n) is 16.6. The maximum Gasteiger partial charge on any atom is 0.293 e. The summed E-state index contributed by atoms with van der Waals surface area (Å²) in [6.07, 6.45) is 1.70. The minimum atomic E-state index is -0.323. The second-order valence-corrected chi connectivity index (χ2v) is 9.59. The highest BCUT2D eigenvalue weighted by molar-refractivity contribution is 14.1. The third-order valence-corrected chi connectivity index (χ3v) is 6.67. The molecule has 8 heteroatoms. The summed E-state index contributed by atoms with van der Waals surface area (Å²) in [4.78, 5) is 26.7. The van der Waals surface area contributed by atoms with Crippen molar-refractivity contribution < 1.29 is 18.7 Å². The van der Waals surface area contributed by atoms with Gasteiger partial charge in [-0.2, -0.15) is 0 Å². The number of carbonyl (C=O) groups excluding carboxylic acids is 2. The highest BCUT2D eigenvalue weighted by Crippen LogP contribution is 2.34. The standard InChI is InChI=1S/C24H16ClFINO3S/c25-18-7-4-15(5-8-18)13-28-23(29)22(32-24(28)30)12-16-6-9-21(20(27)11-16)31-14-17-2-1-3-19(26)10-17/h1-12H,13-14H2/b22-12-. The van der Waals surface area contributed by atoms with Gasteiger partial charge in [0, 0.05) is 5.02 Å². The molecule has 0 N–H and O–H groups in total. The van der Waals surface area contributed by atoms with Crippen molar-refractivity contribution in [3.8, 4) is 5.75 Å². The Labute approximate surface area is 207 Å². The maximum absolute atomic E-state index is 13.3. The van der Waals surface area contributed by atoms with Crippen LogP contribution in [0.4, 0.5) is 9.18 Å². The number of thioether (sulfide) groups is 1. The van der Waals surface area contributed by atoms with E-state index in [1.54, 1.807) is 48.5 Å². The zero-order chi connectivity index (χ0) is 22.7. The average Bonchev–Trinajstić information content (AvgIpc) is 3.02. The smallest absolute Gasteiger partial charge is 0.293 e. The molecule has 0 radical (unpaired) electrons. The fourth-order valence-electron chi connectivity index (χ4n) is 3.07. The van der Waals surface area contributed by atoms with Crippen LogP contribution in [0.5, 0.6) is 5.75 Å². The fraction of sp³-hybridized carbons (Fsp3) is 0.0833. The predicted octanol–water partition coefficient (Wildman–Crippen LogP) is 6.90. The first-order valence-corrected chi connectivity index (χ1v) is 11.8. The number of hydrogen-bond acceptors (Lipinski definition) is 4. The molecule has 4 nitrogen and oxygen atoms in total. The lowest BCUT2D eigenvalue weighted by Crippen LogP contribution is -2.27. The molecule has 1 fully saturated rings. The van der Waals surface area contributed by atoms with E-state index >= 15 is 0 Å². The summed E-state index contributed by atoms with van der Waals surface area (Å²) < 4.78 is 20.0. The Hall–Kier alpha value is -2.36. The Bertz CT molecular complexity index is 1220. The number of imide groups is 1. The van der Waals surface area contributed by atoms with Gasteiger partial charge in [-0.15, -0.1) is 0 Å². The minimum Gasteiger partial charge on any atom is -0.488 e. The van der Waals surface area contributed by atoms with Crippen LogP contribution in [-0.2, 0) is 17.9 Å². The molecule has 162 valence electrons. The van der Waals surface area contributed by atoms with Crippen molar-refractivity contribution >= 4 is 63.2 Å². The van der Waals surface area contributed by atoms with E-state index in [1.807, 2.05) is 12.1 Å². The molecule has 1 heterocycles. The Morgan fingerprint density at radius 1 is 1.03 bits per heavy atom. The molecule has 1 aliphatic heterocycles. The second kappa shape index (κ2) is 10.1. The second-order valence-electron chi connectivity index (χ2n) is 7.00. The summed E-state index contributed by atoms with van der Waals surface area (Å²) >= 11 is 8.96. The Balaban J connectivity index is 1.45. The van der Waals surface area contributed by atoms with Gasteiger partial charge in [0.05, 0.1) is 15.0 Å². The van der Waals surface area contributed by atoms with Crippen molar-refractivity contribution in [2.24, 2.45) is 0 Å². The van der Waals surface area contributed by atoms with E-state index in [-0.39, 0.29) is 30.1 Å². The molecule has 32 heavy (non-hydrogen) atoms. The molecule has 0 unspecified atom stereocenters. The van der Waals surface area contributed by atoms with E-state index in [0.717, 1.165) is 32.0 Å². The van der Waals surface area contributed by atoms with E-state index in [4.69, 9.17) is 16.3 Å². The number of nitrogens with zero attached hydrogens (tertiary/aromatic N) is 1. The van der Waals surface area contributed by atoms with Crippen LogP contribution in [0, 0.1) is 9.39 Å². The summed E-state index contributed by atoms with van der Waals surface area (Å²) in [6.45, 7) is 0.445. The van der Waals surface area contributed by atoms with Crippen molar-refractivity contribution in [2.45, 2.75) is 13.2 Å². The van der Waals surface area contributed by atoms with Crippen LogP contribution in [0.25, 0.3) is 6.08 Å². The van der Waals surface area contributed by atoms with Gasteiger partial charge in [-0.3, -0.25) is 14.5 Å². The first-order valence-electron chi connectivity index (χ1n) is 9.55. The highest BCUT2D eigenvalue weighted by Gasteiger charge is 2.35. The molecule has 0 saturated carbocycles. The highest BCUT2D eigenvalue weighted by atomic mass is 127. The van der Waals surface area contributed by atoms with Gasteiger partial charge in [-0.05, 0) is 93.5 Å². The number of ether oxygens (including phenoxy) is 1. The van der Waals surface area contributed by atoms with Gasteiger partial charge in [-0.25, -0.2) is 4.39 Å². The van der Waals surface area contributed by atoms with Crippen LogP contribution in [0.3, 0.4) is 0 Å². The fourth-order valence-corrected chi connectivity index (χ4v) is 4.73. The van der Waals surface area contributed by atoms with E-state index in [1.165, 1.54) is 17.0 Å². The molecule has 4 rings (SSSR count). The molecule has 2 amide bonds. The van der Waals surface area contributed by atoms with E-state index in [9.17, 15) is 14.0 Å². The molecular weight excluding hydrogens is 564 g/mol. The maximum atomic E-state index is 13.3. The first kappa shape index (κ1) is 22.8. The van der Waals surface area contributed by atoms with Gasteiger partial charge in [0.1, 0.15) is 18.2 Å². The third-order valence-electron chi connectivity index (χ3n) is 4.66. The molecule has 1 aliphatic rings. The third kappa shape index (κ3) is 5.51. The number of halogens is 3. The average molecular weight is 580 g/mol. The Morgan fingerprint density at radius 2 is 1.81 bits per heavy atom. The van der Waals surface area contributed by atoms with Gasteiger partial charge in [-0.1, -0.05) is 41.9 Å². The molecule has 0 spiro atoms. The Morgan fingerprint density at radius 3 is 2.53 bits per heavy atom. The number of amides is 2. The number of hydrogen-bond donors (Lipinski definition) is 0. The minimum absolute atomic E-state index is 0.198. The predicted molar refractivity (Wildman–Crippen MR) is 133 cm³/mol. The monoisotopic (exact) mass is 579 g/mol. The van der Waals surface area contributed by atoms with Crippen LogP contribution < -0.4 is 4.74 Å². The molecule has 1 saturated heterocycles. The largest absolute Gasteiger partial charge is 0.488 e. The molecule has 0 aromatic heterocycles. The molecular formula is C24H16ClFINO3S. The van der Waals surface area contributed by atoms with E-state index in [0.29, 0.717) is 15.7 Å². The quantitative estimate of drug-likeness (QED) is 0.236. The van der Waals surface area contributed by atoms with E-state index < -0.39 is 0 Å². The number of carbonyl (C=O) groups is 2. The number of rotatable bonds is 6. The lowest BCUT2D eigenvalue weighted by atomic mass is 10.2.